The van der Waals surface area contributed by atoms with Gasteiger partial charge in [-0.25, -0.2) is 15.0 Å². The fourth-order valence-corrected chi connectivity index (χ4v) is 3.75. The number of imidazole rings is 2. The second-order valence-corrected chi connectivity index (χ2v) is 7.46. The Kier molecular flexibility index (Phi) is 4.11. The third kappa shape index (κ3) is 2.97. The van der Waals surface area contributed by atoms with Crippen molar-refractivity contribution in [2.45, 2.75) is 6.54 Å². The van der Waals surface area contributed by atoms with Crippen LogP contribution in [-0.2, 0) is 13.6 Å². The SMILES string of the molecule is Cn1cnc2ccc(-c3nc4c([nH]3)c(=N)ncn4Cc3c(Cl)cncc3Cl)cc21. The van der Waals surface area contributed by atoms with Crippen LogP contribution in [0, 0.1) is 5.41 Å². The maximum absolute atomic E-state index is 8.17. The van der Waals surface area contributed by atoms with Crippen molar-refractivity contribution in [2.75, 3.05) is 0 Å². The summed E-state index contributed by atoms with van der Waals surface area (Å²) < 4.78 is 3.76. The Labute approximate surface area is 174 Å². The van der Waals surface area contributed by atoms with Gasteiger partial charge in [0.05, 0.1) is 40.3 Å². The molecule has 8 nitrogen and oxygen atoms in total. The van der Waals surface area contributed by atoms with Crippen LogP contribution in [0.4, 0.5) is 0 Å². The summed E-state index contributed by atoms with van der Waals surface area (Å²) in [5.74, 6) is 0.644. The van der Waals surface area contributed by atoms with Crippen molar-refractivity contribution < 1.29 is 0 Å². The lowest BCUT2D eigenvalue weighted by Gasteiger charge is -2.09. The predicted molar refractivity (Wildman–Crippen MR) is 111 cm³/mol. The molecule has 0 atom stereocenters. The third-order valence-electron chi connectivity index (χ3n) is 4.80. The molecule has 0 aliphatic rings. The molecule has 0 radical (unpaired) electrons. The van der Waals surface area contributed by atoms with Gasteiger partial charge in [0, 0.05) is 30.6 Å². The number of aryl methyl sites for hydroxylation is 1. The minimum atomic E-state index is 0.114. The van der Waals surface area contributed by atoms with Gasteiger partial charge in [-0.3, -0.25) is 10.4 Å². The van der Waals surface area contributed by atoms with E-state index in [0.717, 1.165) is 22.2 Å². The van der Waals surface area contributed by atoms with E-state index in [2.05, 4.69) is 19.9 Å². The van der Waals surface area contributed by atoms with E-state index in [4.69, 9.17) is 33.6 Å². The third-order valence-corrected chi connectivity index (χ3v) is 5.45. The van der Waals surface area contributed by atoms with Crippen molar-refractivity contribution in [3.63, 3.8) is 0 Å². The molecule has 0 bridgehead atoms. The van der Waals surface area contributed by atoms with E-state index in [1.165, 1.54) is 0 Å². The Morgan fingerprint density at radius 2 is 1.90 bits per heavy atom. The van der Waals surface area contributed by atoms with Crippen LogP contribution in [0.5, 0.6) is 0 Å². The highest BCUT2D eigenvalue weighted by molar-refractivity contribution is 6.35. The first kappa shape index (κ1) is 17.8. The van der Waals surface area contributed by atoms with E-state index in [1.807, 2.05) is 34.4 Å². The molecule has 0 fully saturated rings. The van der Waals surface area contributed by atoms with E-state index < -0.39 is 0 Å². The number of pyridine rings is 1. The Morgan fingerprint density at radius 3 is 2.69 bits per heavy atom. The number of rotatable bonds is 3. The molecule has 0 aliphatic heterocycles. The molecule has 4 aromatic heterocycles. The molecule has 0 aliphatic carbocycles. The lowest BCUT2D eigenvalue weighted by Crippen LogP contribution is -2.13. The highest BCUT2D eigenvalue weighted by Gasteiger charge is 2.14. The minimum absolute atomic E-state index is 0.114. The number of hydrogen-bond acceptors (Lipinski definition) is 5. The van der Waals surface area contributed by atoms with Crippen molar-refractivity contribution in [3.05, 3.63) is 64.3 Å². The first-order valence-electron chi connectivity index (χ1n) is 8.70. The van der Waals surface area contributed by atoms with Gasteiger partial charge in [0.2, 0.25) is 0 Å². The molecule has 29 heavy (non-hydrogen) atoms. The summed E-state index contributed by atoms with van der Waals surface area (Å²) in [6, 6.07) is 5.91. The van der Waals surface area contributed by atoms with Crippen molar-refractivity contribution in [3.8, 4) is 11.4 Å². The number of halogens is 2. The lowest BCUT2D eigenvalue weighted by molar-refractivity contribution is 0.783. The fourth-order valence-electron chi connectivity index (χ4n) is 3.27. The molecular formula is C19H14Cl2N8. The van der Waals surface area contributed by atoms with Crippen LogP contribution in [0.15, 0.2) is 43.2 Å². The largest absolute Gasteiger partial charge is 0.334 e. The van der Waals surface area contributed by atoms with Crippen LogP contribution < -0.4 is 5.49 Å². The van der Waals surface area contributed by atoms with Crippen LogP contribution in [0.25, 0.3) is 33.6 Å². The van der Waals surface area contributed by atoms with E-state index in [-0.39, 0.29) is 5.49 Å². The van der Waals surface area contributed by atoms with Crippen molar-refractivity contribution in [1.29, 1.82) is 5.41 Å². The van der Waals surface area contributed by atoms with Crippen LogP contribution in [0.3, 0.4) is 0 Å². The lowest BCUT2D eigenvalue weighted by atomic mass is 10.2. The summed E-state index contributed by atoms with van der Waals surface area (Å²) in [7, 11) is 1.94. The molecular weight excluding hydrogens is 411 g/mol. The summed E-state index contributed by atoms with van der Waals surface area (Å²) in [6.07, 6.45) is 6.43. The summed E-state index contributed by atoms with van der Waals surface area (Å²) in [4.78, 5) is 20.5. The second-order valence-electron chi connectivity index (χ2n) is 6.65. The first-order valence-corrected chi connectivity index (χ1v) is 9.46. The van der Waals surface area contributed by atoms with Crippen molar-refractivity contribution >= 4 is 45.4 Å². The van der Waals surface area contributed by atoms with Crippen LogP contribution >= 0.6 is 23.2 Å². The number of H-pyrrole nitrogens is 1. The zero-order valence-corrected chi connectivity index (χ0v) is 16.7. The molecule has 0 saturated heterocycles. The zero-order chi connectivity index (χ0) is 20.1. The van der Waals surface area contributed by atoms with Gasteiger partial charge in [0.15, 0.2) is 11.1 Å². The summed E-state index contributed by atoms with van der Waals surface area (Å²) in [5, 5.41) is 9.10. The number of aromatic nitrogens is 7. The topological polar surface area (TPSA) is 101 Å². The van der Waals surface area contributed by atoms with Gasteiger partial charge >= 0.3 is 0 Å². The highest BCUT2D eigenvalue weighted by Crippen LogP contribution is 2.26. The quantitative estimate of drug-likeness (QED) is 0.462. The molecule has 2 N–H and O–H groups in total. The van der Waals surface area contributed by atoms with Gasteiger partial charge in [-0.15, -0.1) is 0 Å². The predicted octanol–water partition coefficient (Wildman–Crippen LogP) is 3.54. The highest BCUT2D eigenvalue weighted by atomic mass is 35.5. The number of nitrogens with one attached hydrogen (secondary N) is 2. The Morgan fingerprint density at radius 1 is 1.10 bits per heavy atom. The molecule has 0 unspecified atom stereocenters. The van der Waals surface area contributed by atoms with E-state index in [0.29, 0.717) is 33.6 Å². The second kappa shape index (κ2) is 6.68. The molecule has 5 aromatic rings. The Hall–Kier alpha value is -3.23. The summed E-state index contributed by atoms with van der Waals surface area (Å²) >= 11 is 12.5. The normalized spacial score (nSPS) is 11.6. The van der Waals surface area contributed by atoms with Crippen LogP contribution in [0.2, 0.25) is 10.0 Å². The Balaban J connectivity index is 1.66. The minimum Gasteiger partial charge on any atom is -0.334 e. The smallest absolute Gasteiger partial charge is 0.173 e. The average molecular weight is 425 g/mol. The Bertz CT molecular complexity index is 1430. The van der Waals surface area contributed by atoms with E-state index in [1.54, 1.807) is 25.0 Å². The van der Waals surface area contributed by atoms with Gasteiger partial charge in [-0.2, -0.15) is 0 Å². The van der Waals surface area contributed by atoms with Gasteiger partial charge in [0.25, 0.3) is 0 Å². The first-order chi connectivity index (χ1) is 14.0. The van der Waals surface area contributed by atoms with Crippen molar-refractivity contribution in [2.24, 2.45) is 7.05 Å². The molecule has 0 amide bonds. The van der Waals surface area contributed by atoms with E-state index in [9.17, 15) is 0 Å². The molecule has 4 heterocycles. The molecule has 1 aromatic carbocycles. The number of benzene rings is 1. The standard InChI is InChI=1S/C19H14Cl2N8/c1-28-8-24-14-3-2-10(4-15(14)28)18-26-16-17(22)25-9-29(19(16)27-18)7-11-12(20)5-23-6-13(11)21/h2-6,8-9,22H,7H2,1H3,(H,26,27). The van der Waals surface area contributed by atoms with Crippen LogP contribution in [0.1, 0.15) is 5.56 Å². The molecule has 144 valence electrons. The fraction of sp³-hybridized carbons (Fsp3) is 0.105. The maximum Gasteiger partial charge on any atom is 0.173 e. The maximum atomic E-state index is 8.17. The zero-order valence-electron chi connectivity index (χ0n) is 15.2. The molecule has 10 heteroatoms. The molecule has 0 saturated carbocycles. The van der Waals surface area contributed by atoms with Gasteiger partial charge < -0.3 is 14.1 Å². The number of fused-ring (bicyclic) bond motifs is 2. The van der Waals surface area contributed by atoms with E-state index >= 15 is 0 Å². The summed E-state index contributed by atoms with van der Waals surface area (Å²) in [5.41, 5.74) is 4.76. The molecule has 0 spiro atoms. The summed E-state index contributed by atoms with van der Waals surface area (Å²) in [6.45, 7) is 0.356. The molecule has 5 rings (SSSR count). The number of nitrogens with zero attached hydrogens (tertiary/aromatic N) is 6. The van der Waals surface area contributed by atoms with Crippen molar-refractivity contribution in [1.82, 2.24) is 34.1 Å². The monoisotopic (exact) mass is 424 g/mol. The number of hydrogen-bond donors (Lipinski definition) is 2. The number of aromatic amines is 1. The van der Waals surface area contributed by atoms with Gasteiger partial charge in [-0.1, -0.05) is 23.2 Å². The van der Waals surface area contributed by atoms with Gasteiger partial charge in [0.1, 0.15) is 11.3 Å². The van der Waals surface area contributed by atoms with Gasteiger partial charge in [-0.05, 0) is 18.2 Å². The average Bonchev–Trinajstić information content (AvgIpc) is 3.31. The van der Waals surface area contributed by atoms with Crippen LogP contribution in [-0.4, -0.2) is 34.1 Å².